The first-order valence-electron chi connectivity index (χ1n) is 4.33. The van der Waals surface area contributed by atoms with E-state index in [0.29, 0.717) is 0 Å². The predicted molar refractivity (Wildman–Crippen MR) is 41.7 cm³/mol. The van der Waals surface area contributed by atoms with Gasteiger partial charge in [0, 0.05) is 12.8 Å². The third-order valence-electron chi connectivity index (χ3n) is 2.39. The zero-order chi connectivity index (χ0) is 7.57. The molecule has 0 aromatic heterocycles. The van der Waals surface area contributed by atoms with E-state index >= 15 is 0 Å². The molecule has 0 unspecified atom stereocenters. The molecule has 0 aromatic carbocycles. The number of hydrogen-bond acceptors (Lipinski definition) is 2. The molecular formula is C9H14O2. The van der Waals surface area contributed by atoms with Crippen LogP contribution in [0.5, 0.6) is 0 Å². The summed E-state index contributed by atoms with van der Waals surface area (Å²) in [6.07, 6.45) is 8.71. The topological polar surface area (TPSA) is 18.5 Å². The van der Waals surface area contributed by atoms with Gasteiger partial charge in [-0.25, -0.2) is 0 Å². The van der Waals surface area contributed by atoms with Gasteiger partial charge in [0.15, 0.2) is 5.79 Å². The molecule has 2 fully saturated rings. The zero-order valence-corrected chi connectivity index (χ0v) is 6.71. The minimum absolute atomic E-state index is 0.205. The third-order valence-corrected chi connectivity index (χ3v) is 2.39. The molecule has 2 saturated heterocycles. The molecule has 0 aromatic rings. The molecule has 62 valence electrons. The highest BCUT2D eigenvalue weighted by Crippen LogP contribution is 2.33. The van der Waals surface area contributed by atoms with Crippen molar-refractivity contribution in [3.8, 4) is 0 Å². The maximum absolute atomic E-state index is 5.61. The van der Waals surface area contributed by atoms with Crippen LogP contribution in [0.3, 0.4) is 0 Å². The SMILES string of the molecule is [CH]1CCC2(CC[CH]CO2)OC1. The monoisotopic (exact) mass is 154 g/mol. The Kier molecular flexibility index (Phi) is 2.14. The smallest absolute Gasteiger partial charge is 0.168 e. The second kappa shape index (κ2) is 3.11. The van der Waals surface area contributed by atoms with Gasteiger partial charge in [-0.2, -0.15) is 0 Å². The number of rotatable bonds is 0. The van der Waals surface area contributed by atoms with Crippen LogP contribution in [0, 0.1) is 12.8 Å². The van der Waals surface area contributed by atoms with E-state index in [1.54, 1.807) is 0 Å². The Morgan fingerprint density at radius 1 is 0.909 bits per heavy atom. The van der Waals surface area contributed by atoms with Crippen LogP contribution in [0.15, 0.2) is 0 Å². The van der Waals surface area contributed by atoms with Crippen molar-refractivity contribution < 1.29 is 9.47 Å². The third kappa shape index (κ3) is 1.57. The van der Waals surface area contributed by atoms with E-state index in [-0.39, 0.29) is 5.79 Å². The van der Waals surface area contributed by atoms with Crippen LogP contribution in [0.1, 0.15) is 25.7 Å². The fraction of sp³-hybridized carbons (Fsp3) is 0.778. The molecule has 0 saturated carbocycles. The van der Waals surface area contributed by atoms with Gasteiger partial charge >= 0.3 is 0 Å². The Labute approximate surface area is 67.9 Å². The van der Waals surface area contributed by atoms with Gasteiger partial charge in [-0.3, -0.25) is 0 Å². The Morgan fingerprint density at radius 2 is 1.45 bits per heavy atom. The van der Waals surface area contributed by atoms with Crippen molar-refractivity contribution >= 4 is 0 Å². The van der Waals surface area contributed by atoms with Crippen LogP contribution >= 0.6 is 0 Å². The van der Waals surface area contributed by atoms with E-state index in [1.165, 1.54) is 0 Å². The minimum Gasteiger partial charge on any atom is -0.350 e. The lowest BCUT2D eigenvalue weighted by atomic mass is 9.97. The standard InChI is InChI=1S/C9H14O2/c1-3-7-10-9(5-1)6-2-4-8-11-9/h3-4H,1-2,5-8H2. The van der Waals surface area contributed by atoms with Crippen LogP contribution in [0.4, 0.5) is 0 Å². The van der Waals surface area contributed by atoms with Gasteiger partial charge < -0.3 is 9.47 Å². The lowest BCUT2D eigenvalue weighted by Crippen LogP contribution is -2.42. The van der Waals surface area contributed by atoms with E-state index < -0.39 is 0 Å². The fourth-order valence-corrected chi connectivity index (χ4v) is 1.69. The van der Waals surface area contributed by atoms with Crippen LogP contribution in [0.25, 0.3) is 0 Å². The molecule has 2 nitrogen and oxygen atoms in total. The van der Waals surface area contributed by atoms with E-state index in [4.69, 9.17) is 9.47 Å². The summed E-state index contributed by atoms with van der Waals surface area (Å²) in [6.45, 7) is 1.53. The molecule has 2 heteroatoms. The fourth-order valence-electron chi connectivity index (χ4n) is 1.69. The number of ether oxygens (including phenoxy) is 2. The van der Waals surface area contributed by atoms with Crippen LogP contribution in [-0.4, -0.2) is 19.0 Å². The van der Waals surface area contributed by atoms with Crippen LogP contribution in [-0.2, 0) is 9.47 Å². The van der Waals surface area contributed by atoms with Gasteiger partial charge in [-0.15, -0.1) is 0 Å². The quantitative estimate of drug-likeness (QED) is 0.529. The van der Waals surface area contributed by atoms with Crippen molar-refractivity contribution in [2.45, 2.75) is 31.5 Å². The molecule has 2 heterocycles. The summed E-state index contributed by atoms with van der Waals surface area (Å²) in [5, 5.41) is 0. The van der Waals surface area contributed by atoms with Crippen molar-refractivity contribution in [3.63, 3.8) is 0 Å². The van der Waals surface area contributed by atoms with Crippen molar-refractivity contribution in [2.75, 3.05) is 13.2 Å². The summed E-state index contributed by atoms with van der Waals surface area (Å²) in [4.78, 5) is 0. The lowest BCUT2D eigenvalue weighted by molar-refractivity contribution is -0.256. The average molecular weight is 154 g/mol. The Morgan fingerprint density at radius 3 is 1.82 bits per heavy atom. The van der Waals surface area contributed by atoms with Gasteiger partial charge in [0.2, 0.25) is 0 Å². The predicted octanol–water partition coefficient (Wildman–Crippen LogP) is 1.71. The molecule has 0 amide bonds. The first-order valence-corrected chi connectivity index (χ1v) is 4.33. The van der Waals surface area contributed by atoms with Crippen molar-refractivity contribution in [1.82, 2.24) is 0 Å². The Balaban J connectivity index is 1.94. The van der Waals surface area contributed by atoms with Gasteiger partial charge in [0.25, 0.3) is 0 Å². The minimum atomic E-state index is -0.205. The summed E-state index contributed by atoms with van der Waals surface area (Å²) < 4.78 is 11.2. The molecule has 2 aliphatic heterocycles. The summed E-state index contributed by atoms with van der Waals surface area (Å²) in [5.74, 6) is -0.205. The zero-order valence-electron chi connectivity index (χ0n) is 6.71. The molecule has 11 heavy (non-hydrogen) atoms. The Bertz CT molecular complexity index is 102. The molecule has 0 N–H and O–H groups in total. The summed E-state index contributed by atoms with van der Waals surface area (Å²) in [5.41, 5.74) is 0. The number of hydrogen-bond donors (Lipinski definition) is 0. The highest BCUT2D eigenvalue weighted by Gasteiger charge is 2.35. The Hall–Kier alpha value is -0.0800. The molecule has 0 atom stereocenters. The second-order valence-corrected chi connectivity index (χ2v) is 3.19. The molecule has 2 rings (SSSR count). The van der Waals surface area contributed by atoms with E-state index in [1.807, 2.05) is 0 Å². The molecular weight excluding hydrogens is 140 g/mol. The average Bonchev–Trinajstić information content (AvgIpc) is 2.07. The van der Waals surface area contributed by atoms with E-state index in [9.17, 15) is 0 Å². The first kappa shape index (κ1) is 7.56. The normalized spacial score (nSPS) is 30.5. The van der Waals surface area contributed by atoms with E-state index in [0.717, 1.165) is 38.9 Å². The van der Waals surface area contributed by atoms with Crippen molar-refractivity contribution in [3.05, 3.63) is 12.8 Å². The summed E-state index contributed by atoms with van der Waals surface area (Å²) >= 11 is 0. The first-order chi connectivity index (χ1) is 5.41. The van der Waals surface area contributed by atoms with Gasteiger partial charge in [-0.05, 0) is 25.7 Å². The molecule has 0 aliphatic carbocycles. The summed E-state index contributed by atoms with van der Waals surface area (Å²) in [7, 11) is 0. The van der Waals surface area contributed by atoms with Gasteiger partial charge in [-0.1, -0.05) is 0 Å². The van der Waals surface area contributed by atoms with Crippen LogP contribution < -0.4 is 0 Å². The highest BCUT2D eigenvalue weighted by atomic mass is 16.7. The molecule has 1 spiro atoms. The molecule has 2 radical (unpaired) electrons. The van der Waals surface area contributed by atoms with Crippen molar-refractivity contribution in [1.29, 1.82) is 0 Å². The lowest BCUT2D eigenvalue weighted by Gasteiger charge is -2.39. The molecule has 0 bridgehead atoms. The van der Waals surface area contributed by atoms with Gasteiger partial charge in [0.1, 0.15) is 0 Å². The maximum atomic E-state index is 5.61. The van der Waals surface area contributed by atoms with Crippen molar-refractivity contribution in [2.24, 2.45) is 0 Å². The largest absolute Gasteiger partial charge is 0.350 e. The van der Waals surface area contributed by atoms with Gasteiger partial charge in [0.05, 0.1) is 13.2 Å². The second-order valence-electron chi connectivity index (χ2n) is 3.19. The van der Waals surface area contributed by atoms with Crippen LogP contribution in [0.2, 0.25) is 0 Å². The molecule has 2 aliphatic rings. The highest BCUT2D eigenvalue weighted by molar-refractivity contribution is 4.86. The maximum Gasteiger partial charge on any atom is 0.168 e. The van der Waals surface area contributed by atoms with E-state index in [2.05, 4.69) is 12.8 Å². The summed E-state index contributed by atoms with van der Waals surface area (Å²) in [6, 6.07) is 0.